The topological polar surface area (TPSA) is 12.0 Å². The lowest BCUT2D eigenvalue weighted by molar-refractivity contribution is -0.168. The van der Waals surface area contributed by atoms with Crippen molar-refractivity contribution >= 4 is 0 Å². The highest BCUT2D eigenvalue weighted by atomic mass is 19.4. The molecular formula is C11H14F3N. The summed E-state index contributed by atoms with van der Waals surface area (Å²) in [7, 11) is 0. The van der Waals surface area contributed by atoms with Crippen LogP contribution in [0, 0.1) is 17.3 Å². The highest BCUT2D eigenvalue weighted by Crippen LogP contribution is 2.57. The van der Waals surface area contributed by atoms with Crippen molar-refractivity contribution in [2.24, 2.45) is 5.41 Å². The molecule has 2 aliphatic rings. The first-order valence-electron chi connectivity index (χ1n) is 5.36. The van der Waals surface area contributed by atoms with Crippen molar-refractivity contribution in [3.05, 3.63) is 0 Å². The van der Waals surface area contributed by atoms with Crippen molar-refractivity contribution in [1.29, 1.82) is 0 Å². The Bertz CT molecular complexity index is 287. The van der Waals surface area contributed by atoms with Gasteiger partial charge in [0.25, 0.3) is 0 Å². The zero-order valence-corrected chi connectivity index (χ0v) is 8.45. The molecule has 1 saturated carbocycles. The van der Waals surface area contributed by atoms with E-state index in [0.717, 1.165) is 25.8 Å². The maximum Gasteiger partial charge on any atom is 0.405 e. The fourth-order valence-electron chi connectivity index (χ4n) is 1.80. The van der Waals surface area contributed by atoms with Crippen LogP contribution in [-0.2, 0) is 0 Å². The van der Waals surface area contributed by atoms with Gasteiger partial charge in [0.15, 0.2) is 0 Å². The van der Waals surface area contributed by atoms with Crippen LogP contribution in [0.2, 0.25) is 0 Å². The van der Waals surface area contributed by atoms with Crippen molar-refractivity contribution in [3.8, 4) is 11.8 Å². The van der Waals surface area contributed by atoms with Crippen LogP contribution >= 0.6 is 0 Å². The molecule has 0 bridgehead atoms. The van der Waals surface area contributed by atoms with E-state index in [0.29, 0.717) is 0 Å². The second-order valence-corrected chi connectivity index (χ2v) is 4.35. The second-order valence-electron chi connectivity index (χ2n) is 4.35. The first kappa shape index (κ1) is 10.8. The molecule has 0 aromatic heterocycles. The average Bonchev–Trinajstić information content (AvgIpc) is 2.96. The fraction of sp³-hybridized carbons (Fsp3) is 0.818. The summed E-state index contributed by atoms with van der Waals surface area (Å²) in [4.78, 5) is 0. The van der Waals surface area contributed by atoms with Crippen molar-refractivity contribution in [2.75, 3.05) is 6.54 Å². The maximum absolute atomic E-state index is 12.5. The smallest absolute Gasteiger partial charge is 0.304 e. The van der Waals surface area contributed by atoms with Gasteiger partial charge < -0.3 is 5.32 Å². The van der Waals surface area contributed by atoms with Crippen LogP contribution in [0.25, 0.3) is 0 Å². The summed E-state index contributed by atoms with van der Waals surface area (Å²) in [6.07, 6.45) is -0.754. The number of nitrogens with one attached hydrogen (secondary N) is 1. The van der Waals surface area contributed by atoms with Crippen LogP contribution in [0.4, 0.5) is 13.2 Å². The molecule has 84 valence electrons. The average molecular weight is 217 g/mol. The van der Waals surface area contributed by atoms with E-state index < -0.39 is 11.6 Å². The number of halogens is 3. The van der Waals surface area contributed by atoms with Gasteiger partial charge in [-0.05, 0) is 38.6 Å². The molecule has 1 aliphatic carbocycles. The maximum atomic E-state index is 12.5. The van der Waals surface area contributed by atoms with Crippen LogP contribution in [0.5, 0.6) is 0 Å². The lowest BCUT2D eigenvalue weighted by Crippen LogP contribution is -2.33. The molecule has 1 N–H and O–H groups in total. The van der Waals surface area contributed by atoms with E-state index in [1.165, 1.54) is 0 Å². The molecule has 1 aliphatic heterocycles. The fourth-order valence-corrected chi connectivity index (χ4v) is 1.80. The molecule has 1 nitrogen and oxygen atoms in total. The van der Waals surface area contributed by atoms with Gasteiger partial charge in [0.1, 0.15) is 5.41 Å². The van der Waals surface area contributed by atoms with E-state index in [4.69, 9.17) is 0 Å². The van der Waals surface area contributed by atoms with Gasteiger partial charge in [-0.15, -0.1) is 0 Å². The number of rotatable bonds is 0. The lowest BCUT2D eigenvalue weighted by Gasteiger charge is -2.19. The lowest BCUT2D eigenvalue weighted by atomic mass is 10.0. The predicted molar refractivity (Wildman–Crippen MR) is 51.1 cm³/mol. The molecule has 1 atom stereocenters. The largest absolute Gasteiger partial charge is 0.405 e. The van der Waals surface area contributed by atoms with Crippen LogP contribution < -0.4 is 5.32 Å². The van der Waals surface area contributed by atoms with Crippen molar-refractivity contribution in [3.63, 3.8) is 0 Å². The molecule has 0 spiro atoms. The Morgan fingerprint density at radius 3 is 2.40 bits per heavy atom. The third-order valence-corrected chi connectivity index (χ3v) is 3.09. The quantitative estimate of drug-likeness (QED) is 0.615. The van der Waals surface area contributed by atoms with Crippen molar-refractivity contribution in [1.82, 2.24) is 5.32 Å². The van der Waals surface area contributed by atoms with E-state index in [2.05, 4.69) is 17.2 Å². The summed E-state index contributed by atoms with van der Waals surface area (Å²) in [6.45, 7) is 0.873. The van der Waals surface area contributed by atoms with E-state index in [9.17, 15) is 13.2 Å². The van der Waals surface area contributed by atoms with Gasteiger partial charge in [-0.1, -0.05) is 11.8 Å². The van der Waals surface area contributed by atoms with E-state index in [1.54, 1.807) is 0 Å². The molecule has 1 heterocycles. The molecular weight excluding hydrogens is 203 g/mol. The summed E-state index contributed by atoms with van der Waals surface area (Å²) in [5, 5.41) is 3.13. The van der Waals surface area contributed by atoms with Gasteiger partial charge in [-0.2, -0.15) is 13.2 Å². The van der Waals surface area contributed by atoms with Gasteiger partial charge in [0.2, 0.25) is 0 Å². The Morgan fingerprint density at radius 2 is 1.93 bits per heavy atom. The summed E-state index contributed by atoms with van der Waals surface area (Å²) >= 11 is 0. The summed E-state index contributed by atoms with van der Waals surface area (Å²) in [5.41, 5.74) is -1.66. The van der Waals surface area contributed by atoms with Crippen LogP contribution in [0.3, 0.4) is 0 Å². The van der Waals surface area contributed by atoms with Gasteiger partial charge in [0, 0.05) is 0 Å². The van der Waals surface area contributed by atoms with E-state index >= 15 is 0 Å². The molecule has 1 saturated heterocycles. The molecule has 4 heteroatoms. The third-order valence-electron chi connectivity index (χ3n) is 3.09. The minimum atomic E-state index is -4.14. The van der Waals surface area contributed by atoms with Crippen LogP contribution in [-0.4, -0.2) is 18.8 Å². The molecule has 0 aromatic rings. The van der Waals surface area contributed by atoms with Gasteiger partial charge in [0.05, 0.1) is 6.04 Å². The normalized spacial score (nSPS) is 29.1. The zero-order valence-electron chi connectivity index (χ0n) is 8.45. The van der Waals surface area contributed by atoms with Gasteiger partial charge in [-0.25, -0.2) is 0 Å². The summed E-state index contributed by atoms with van der Waals surface area (Å²) < 4.78 is 37.6. The minimum absolute atomic E-state index is 0.0291. The highest BCUT2D eigenvalue weighted by molar-refractivity contribution is 5.25. The Morgan fingerprint density at radius 1 is 1.20 bits per heavy atom. The molecule has 0 amide bonds. The number of alkyl halides is 3. The van der Waals surface area contributed by atoms with Crippen LogP contribution in [0.15, 0.2) is 0 Å². The Labute approximate surface area is 87.4 Å². The van der Waals surface area contributed by atoms with Crippen LogP contribution in [0.1, 0.15) is 32.1 Å². The number of piperidine rings is 1. The zero-order chi connectivity index (χ0) is 10.9. The Kier molecular flexibility index (Phi) is 2.68. The van der Waals surface area contributed by atoms with Crippen molar-refractivity contribution < 1.29 is 13.2 Å². The monoisotopic (exact) mass is 217 g/mol. The van der Waals surface area contributed by atoms with Crippen molar-refractivity contribution in [2.45, 2.75) is 44.3 Å². The molecule has 0 aromatic carbocycles. The third kappa shape index (κ3) is 2.28. The molecule has 1 unspecified atom stereocenters. The molecule has 0 radical (unpaired) electrons. The minimum Gasteiger partial charge on any atom is -0.304 e. The first-order chi connectivity index (χ1) is 7.04. The Balaban J connectivity index is 1.99. The van der Waals surface area contributed by atoms with Gasteiger partial charge in [-0.3, -0.25) is 0 Å². The second kappa shape index (κ2) is 3.71. The van der Waals surface area contributed by atoms with E-state index in [-0.39, 0.29) is 18.9 Å². The standard InChI is InChI=1S/C11H14F3N/c12-11(13,14)10(6-7-10)5-4-9-3-1-2-8-15-9/h9,15H,1-3,6-8H2. The molecule has 2 fully saturated rings. The SMILES string of the molecule is FC(F)(F)C1(C#CC2CCCCN2)CC1. The summed E-state index contributed by atoms with van der Waals surface area (Å²) in [6, 6.07) is -0.0291. The Hall–Kier alpha value is -0.690. The predicted octanol–water partition coefficient (Wildman–Crippen LogP) is 2.47. The van der Waals surface area contributed by atoms with E-state index in [1.807, 2.05) is 0 Å². The van der Waals surface area contributed by atoms with Gasteiger partial charge >= 0.3 is 6.18 Å². The summed E-state index contributed by atoms with van der Waals surface area (Å²) in [5.74, 6) is 5.19. The molecule has 15 heavy (non-hydrogen) atoms. The first-order valence-corrected chi connectivity index (χ1v) is 5.36. The number of hydrogen-bond acceptors (Lipinski definition) is 1. The molecule has 2 rings (SSSR count). The number of hydrogen-bond donors (Lipinski definition) is 1. The highest BCUT2D eigenvalue weighted by Gasteiger charge is 2.62.